The number of nitrogens with zero attached hydrogens (tertiary/aromatic N) is 4. The van der Waals surface area contributed by atoms with Gasteiger partial charge in [0.2, 0.25) is 0 Å². The molecule has 0 spiro atoms. The van der Waals surface area contributed by atoms with Crippen LogP contribution in [0.5, 0.6) is 0 Å². The molecule has 5 heterocycles. The zero-order valence-electron chi connectivity index (χ0n) is 31.2. The Bertz CT molecular complexity index is 3160. The Kier molecular flexibility index (Phi) is 6.96. The fourth-order valence-corrected chi connectivity index (χ4v) is 9.95. The SMILES string of the molecule is C1=CC(C2(c3ccccc3)c3ccncc3-c3cc4c(cc32)c2ccccc2n4-c2ccc(-c3ccc(-n4c5c(c6cccnc64)C=CCN5)cc3)cc2)=CCC1. The van der Waals surface area contributed by atoms with Gasteiger partial charge >= 0.3 is 0 Å². The molecule has 5 heteroatoms. The van der Waals surface area contributed by atoms with E-state index < -0.39 is 5.41 Å². The molecule has 4 aromatic heterocycles. The van der Waals surface area contributed by atoms with E-state index in [2.05, 4.69) is 178 Å². The second kappa shape index (κ2) is 12.4. The number of benzene rings is 5. The number of rotatable bonds is 5. The van der Waals surface area contributed by atoms with Crippen LogP contribution in [0.3, 0.4) is 0 Å². The molecule has 0 fully saturated rings. The maximum Gasteiger partial charge on any atom is 0.146 e. The van der Waals surface area contributed by atoms with E-state index in [-0.39, 0.29) is 0 Å². The summed E-state index contributed by atoms with van der Waals surface area (Å²) in [6.07, 6.45) is 19.5. The second-order valence-corrected chi connectivity index (χ2v) is 15.3. The number of pyridine rings is 2. The topological polar surface area (TPSA) is 47.7 Å². The molecule has 0 amide bonds. The summed E-state index contributed by atoms with van der Waals surface area (Å²) in [4.78, 5) is 9.47. The summed E-state index contributed by atoms with van der Waals surface area (Å²) in [5.41, 5.74) is 16.4. The molecule has 1 N–H and O–H groups in total. The van der Waals surface area contributed by atoms with Crippen LogP contribution in [-0.4, -0.2) is 25.6 Å². The van der Waals surface area contributed by atoms with E-state index in [0.29, 0.717) is 0 Å². The monoisotopic (exact) mass is 731 g/mol. The predicted molar refractivity (Wildman–Crippen MR) is 234 cm³/mol. The van der Waals surface area contributed by atoms with Gasteiger partial charge < -0.3 is 9.88 Å². The van der Waals surface area contributed by atoms with Gasteiger partial charge in [-0.05, 0) is 112 Å². The van der Waals surface area contributed by atoms with Crippen molar-refractivity contribution in [1.29, 1.82) is 0 Å². The lowest BCUT2D eigenvalue weighted by atomic mass is 9.66. The molecule has 1 atom stereocenters. The maximum atomic E-state index is 4.77. The summed E-state index contributed by atoms with van der Waals surface area (Å²) in [6.45, 7) is 0.803. The van der Waals surface area contributed by atoms with Crippen molar-refractivity contribution >= 4 is 44.7 Å². The third-order valence-corrected chi connectivity index (χ3v) is 12.4. The Morgan fingerprint density at radius 1 is 0.579 bits per heavy atom. The van der Waals surface area contributed by atoms with Crippen LogP contribution < -0.4 is 5.32 Å². The number of allylic oxidation sites excluding steroid dienone is 4. The summed E-state index contributed by atoms with van der Waals surface area (Å²) in [5, 5.41) is 7.24. The Hall–Kier alpha value is -7.24. The Morgan fingerprint density at radius 3 is 2.16 bits per heavy atom. The van der Waals surface area contributed by atoms with Crippen LogP contribution in [0.15, 0.2) is 182 Å². The largest absolute Gasteiger partial charge is 0.367 e. The molecule has 5 nitrogen and oxygen atoms in total. The van der Waals surface area contributed by atoms with Gasteiger partial charge in [-0.3, -0.25) is 9.55 Å². The molecule has 0 saturated carbocycles. The van der Waals surface area contributed by atoms with Crippen LogP contribution in [-0.2, 0) is 5.41 Å². The molecule has 12 rings (SSSR count). The number of anilines is 1. The summed E-state index contributed by atoms with van der Waals surface area (Å²) in [7, 11) is 0. The van der Waals surface area contributed by atoms with Crippen molar-refractivity contribution in [3.8, 4) is 33.6 Å². The van der Waals surface area contributed by atoms with Gasteiger partial charge in [0.25, 0.3) is 0 Å². The first-order chi connectivity index (χ1) is 28.3. The van der Waals surface area contributed by atoms with Gasteiger partial charge in [0.05, 0.1) is 16.4 Å². The van der Waals surface area contributed by atoms with Gasteiger partial charge in [-0.1, -0.05) is 103 Å². The number of hydrogen-bond acceptors (Lipinski definition) is 3. The highest BCUT2D eigenvalue weighted by Crippen LogP contribution is 2.58. The van der Waals surface area contributed by atoms with Gasteiger partial charge in [-0.15, -0.1) is 0 Å². The quantitative estimate of drug-likeness (QED) is 0.192. The van der Waals surface area contributed by atoms with E-state index in [1.165, 1.54) is 71.9 Å². The predicted octanol–water partition coefficient (Wildman–Crippen LogP) is 12.2. The normalized spacial score (nSPS) is 16.7. The lowest BCUT2D eigenvalue weighted by molar-refractivity contribution is 0.751. The molecular formula is C52H37N5. The third-order valence-electron chi connectivity index (χ3n) is 12.4. The number of fused-ring (bicyclic) bond motifs is 9. The standard InChI is InChI=1S/C52H37N5/c1-3-11-36(12-4-1)52(37-13-5-2-6-14-37)46-27-30-53-33-45(46)43-32-49-44(31-47(43)52)40-15-7-8-18-48(40)56(49)38-23-19-34(20-24-38)35-21-25-39(26-22-35)57-50-41(16-9-28-54-50)42-17-10-29-55-51(42)57/h1,3-5,7-28,30-33,55H,2,6,29H2. The van der Waals surface area contributed by atoms with E-state index in [0.717, 1.165) is 47.6 Å². The Labute approximate surface area is 330 Å². The van der Waals surface area contributed by atoms with Crippen LogP contribution in [0.2, 0.25) is 0 Å². The van der Waals surface area contributed by atoms with Crippen molar-refractivity contribution in [2.24, 2.45) is 0 Å². The lowest BCUT2D eigenvalue weighted by Crippen LogP contribution is -2.29. The molecule has 1 unspecified atom stereocenters. The maximum absolute atomic E-state index is 4.77. The molecule has 5 aromatic carbocycles. The molecular weight excluding hydrogens is 695 g/mol. The van der Waals surface area contributed by atoms with Gasteiger partial charge in [0.1, 0.15) is 11.5 Å². The summed E-state index contributed by atoms with van der Waals surface area (Å²) < 4.78 is 4.67. The third kappa shape index (κ3) is 4.57. The second-order valence-electron chi connectivity index (χ2n) is 15.3. The number of aromatic nitrogens is 4. The fourth-order valence-electron chi connectivity index (χ4n) is 9.95. The van der Waals surface area contributed by atoms with Crippen molar-refractivity contribution in [1.82, 2.24) is 19.1 Å². The van der Waals surface area contributed by atoms with Gasteiger partial charge in [-0.25, -0.2) is 4.98 Å². The van der Waals surface area contributed by atoms with Crippen molar-refractivity contribution in [2.45, 2.75) is 18.3 Å². The smallest absolute Gasteiger partial charge is 0.146 e. The summed E-state index contributed by atoms with van der Waals surface area (Å²) in [5.74, 6) is 1.09. The van der Waals surface area contributed by atoms with Crippen molar-refractivity contribution in [2.75, 3.05) is 11.9 Å². The van der Waals surface area contributed by atoms with Crippen molar-refractivity contribution in [3.63, 3.8) is 0 Å². The molecule has 3 aliphatic rings. The van der Waals surface area contributed by atoms with Crippen molar-refractivity contribution in [3.05, 3.63) is 204 Å². The number of para-hydroxylation sites is 1. The highest BCUT2D eigenvalue weighted by Gasteiger charge is 2.47. The highest BCUT2D eigenvalue weighted by atomic mass is 15.2. The summed E-state index contributed by atoms with van der Waals surface area (Å²) >= 11 is 0. The molecule has 0 bridgehead atoms. The van der Waals surface area contributed by atoms with Crippen LogP contribution >= 0.6 is 0 Å². The Morgan fingerprint density at radius 2 is 1.35 bits per heavy atom. The molecule has 2 aliphatic carbocycles. The fraction of sp³-hybridized carbons (Fsp3) is 0.0769. The van der Waals surface area contributed by atoms with E-state index in [1.54, 1.807) is 0 Å². The number of hydrogen-bond donors (Lipinski definition) is 1. The average Bonchev–Trinajstić information content (AvgIpc) is 3.90. The van der Waals surface area contributed by atoms with E-state index in [9.17, 15) is 0 Å². The first kappa shape index (κ1) is 32.0. The Balaban J connectivity index is 0.991. The zero-order chi connectivity index (χ0) is 37.5. The van der Waals surface area contributed by atoms with Crippen molar-refractivity contribution < 1.29 is 0 Å². The van der Waals surface area contributed by atoms with Gasteiger partial charge in [0.15, 0.2) is 0 Å². The lowest BCUT2D eigenvalue weighted by Gasteiger charge is -2.35. The molecule has 0 radical (unpaired) electrons. The van der Waals surface area contributed by atoms with Crippen LogP contribution in [0, 0.1) is 0 Å². The average molecular weight is 732 g/mol. The van der Waals surface area contributed by atoms with E-state index in [1.807, 2.05) is 18.5 Å². The van der Waals surface area contributed by atoms with E-state index >= 15 is 0 Å². The minimum Gasteiger partial charge on any atom is -0.367 e. The zero-order valence-corrected chi connectivity index (χ0v) is 31.2. The first-order valence-corrected chi connectivity index (χ1v) is 19.9. The molecule has 270 valence electrons. The molecule has 57 heavy (non-hydrogen) atoms. The van der Waals surface area contributed by atoms with Crippen LogP contribution in [0.4, 0.5) is 5.82 Å². The van der Waals surface area contributed by atoms with Crippen LogP contribution in [0.1, 0.15) is 35.1 Å². The minimum atomic E-state index is -0.432. The summed E-state index contributed by atoms with van der Waals surface area (Å²) in [6, 6.07) is 49.1. The molecule has 1 aliphatic heterocycles. The molecule has 0 saturated heterocycles. The molecule has 9 aromatic rings. The van der Waals surface area contributed by atoms with E-state index in [4.69, 9.17) is 9.97 Å². The van der Waals surface area contributed by atoms with Crippen LogP contribution in [0.25, 0.3) is 72.5 Å². The van der Waals surface area contributed by atoms with Gasteiger partial charge in [0, 0.05) is 63.8 Å². The first-order valence-electron chi connectivity index (χ1n) is 19.9. The highest BCUT2D eigenvalue weighted by molar-refractivity contribution is 6.12. The van der Waals surface area contributed by atoms with Gasteiger partial charge in [-0.2, -0.15) is 0 Å². The minimum absolute atomic E-state index is 0.432. The number of nitrogens with one attached hydrogen (secondary N) is 1.